The van der Waals surface area contributed by atoms with Crippen LogP contribution < -0.4 is 5.56 Å². The van der Waals surface area contributed by atoms with Crippen LogP contribution in [0.2, 0.25) is 0 Å². The predicted molar refractivity (Wildman–Crippen MR) is 37.7 cm³/mol. The molecule has 5 nitrogen and oxygen atoms in total. The number of carbonyl (C=O) groups is 1. The summed E-state index contributed by atoms with van der Waals surface area (Å²) in [6, 6.07) is 0.308. The fourth-order valence-electron chi connectivity index (χ4n) is 0.832. The summed E-state index contributed by atoms with van der Waals surface area (Å²) in [4.78, 5) is 20.9. The molecule has 8 heteroatoms. The molecule has 1 aromatic heterocycles. The van der Waals surface area contributed by atoms with Gasteiger partial charge in [-0.3, -0.25) is 14.7 Å². The number of hydrogen-bond donors (Lipinski definition) is 2. The smallest absolute Gasteiger partial charge is 0.432 e. The second-order valence-corrected chi connectivity index (χ2v) is 2.49. The average molecular weight is 210 g/mol. The minimum atomic E-state index is -4.68. The highest BCUT2D eigenvalue weighted by molar-refractivity contribution is 5.66. The summed E-state index contributed by atoms with van der Waals surface area (Å²) in [5.74, 6) is -1.40. The van der Waals surface area contributed by atoms with Gasteiger partial charge in [-0.1, -0.05) is 0 Å². The molecular formula is C6H5F3N2O3. The van der Waals surface area contributed by atoms with Crippen molar-refractivity contribution in [3.63, 3.8) is 0 Å². The van der Waals surface area contributed by atoms with Crippen molar-refractivity contribution in [2.45, 2.75) is 12.7 Å². The number of carboxylic acids is 1. The quantitative estimate of drug-likeness (QED) is 0.736. The highest BCUT2D eigenvalue weighted by Crippen LogP contribution is 2.26. The van der Waals surface area contributed by atoms with Gasteiger partial charge in [0.15, 0.2) is 0 Å². The van der Waals surface area contributed by atoms with Gasteiger partial charge in [0, 0.05) is 6.07 Å². The van der Waals surface area contributed by atoms with E-state index in [1.54, 1.807) is 5.10 Å². The van der Waals surface area contributed by atoms with E-state index in [2.05, 4.69) is 0 Å². The number of aliphatic carboxylic acids is 1. The van der Waals surface area contributed by atoms with Gasteiger partial charge in [0.05, 0.1) is 0 Å². The SMILES string of the molecule is O=C(O)Cn1[nH]c(C(F)(F)F)cc1=O. The Morgan fingerprint density at radius 2 is 2.14 bits per heavy atom. The Hall–Kier alpha value is -1.73. The number of carboxylic acid groups (broad SMARTS) is 1. The molecule has 0 saturated heterocycles. The van der Waals surface area contributed by atoms with Crippen LogP contribution in [0.4, 0.5) is 13.2 Å². The Labute approximate surface area is 74.7 Å². The lowest BCUT2D eigenvalue weighted by Crippen LogP contribution is -2.21. The number of halogens is 3. The molecule has 0 aliphatic carbocycles. The molecule has 0 unspecified atom stereocenters. The van der Waals surface area contributed by atoms with Gasteiger partial charge in [-0.05, 0) is 0 Å². The van der Waals surface area contributed by atoms with Crippen molar-refractivity contribution in [1.29, 1.82) is 0 Å². The Kier molecular flexibility index (Phi) is 2.37. The fraction of sp³-hybridized carbons (Fsp3) is 0.333. The third-order valence-electron chi connectivity index (χ3n) is 1.39. The number of alkyl halides is 3. The molecule has 0 aliphatic rings. The first-order chi connectivity index (χ1) is 6.30. The Morgan fingerprint density at radius 1 is 1.57 bits per heavy atom. The minimum absolute atomic E-state index is 0.308. The zero-order valence-corrected chi connectivity index (χ0v) is 6.63. The van der Waals surface area contributed by atoms with Crippen LogP contribution in [0.5, 0.6) is 0 Å². The highest BCUT2D eigenvalue weighted by atomic mass is 19.4. The van der Waals surface area contributed by atoms with Crippen LogP contribution in [-0.2, 0) is 17.5 Å². The molecule has 0 saturated carbocycles. The van der Waals surface area contributed by atoms with Crippen molar-refractivity contribution >= 4 is 5.97 Å². The number of aromatic amines is 1. The second-order valence-electron chi connectivity index (χ2n) is 2.49. The molecule has 1 aromatic rings. The molecule has 14 heavy (non-hydrogen) atoms. The number of nitrogens with zero attached hydrogens (tertiary/aromatic N) is 1. The lowest BCUT2D eigenvalue weighted by molar-refractivity contribution is -0.143. The molecule has 0 fully saturated rings. The van der Waals surface area contributed by atoms with Crippen LogP contribution in [0.1, 0.15) is 5.69 Å². The maximum Gasteiger partial charge on any atom is 0.432 e. The van der Waals surface area contributed by atoms with Gasteiger partial charge in [0.25, 0.3) is 5.56 Å². The van der Waals surface area contributed by atoms with Gasteiger partial charge in [0.1, 0.15) is 12.2 Å². The van der Waals surface area contributed by atoms with Gasteiger partial charge in [-0.25, -0.2) is 4.68 Å². The predicted octanol–water partition coefficient (Wildman–Crippen LogP) is 0.280. The normalized spacial score (nSPS) is 11.6. The van der Waals surface area contributed by atoms with E-state index in [1.807, 2.05) is 0 Å². The topological polar surface area (TPSA) is 75.1 Å². The molecule has 0 spiro atoms. The van der Waals surface area contributed by atoms with Gasteiger partial charge in [0.2, 0.25) is 0 Å². The maximum absolute atomic E-state index is 12.0. The third kappa shape index (κ3) is 2.15. The zero-order chi connectivity index (χ0) is 10.9. The number of aromatic nitrogens is 2. The Bertz CT molecular complexity index is 403. The van der Waals surface area contributed by atoms with Crippen LogP contribution in [-0.4, -0.2) is 20.9 Å². The van der Waals surface area contributed by atoms with E-state index in [4.69, 9.17) is 5.11 Å². The summed E-state index contributed by atoms with van der Waals surface area (Å²) < 4.78 is 36.3. The monoisotopic (exact) mass is 210 g/mol. The third-order valence-corrected chi connectivity index (χ3v) is 1.39. The average Bonchev–Trinajstić information content (AvgIpc) is 2.30. The molecule has 0 atom stereocenters. The first kappa shape index (κ1) is 10.4. The molecule has 0 aromatic carbocycles. The molecule has 0 bridgehead atoms. The van der Waals surface area contributed by atoms with Crippen molar-refractivity contribution in [3.05, 3.63) is 22.1 Å². The van der Waals surface area contributed by atoms with Crippen molar-refractivity contribution in [2.24, 2.45) is 0 Å². The number of nitrogens with one attached hydrogen (secondary N) is 1. The van der Waals surface area contributed by atoms with E-state index in [0.717, 1.165) is 0 Å². The van der Waals surface area contributed by atoms with Gasteiger partial charge in [-0.2, -0.15) is 13.2 Å². The molecule has 2 N–H and O–H groups in total. The van der Waals surface area contributed by atoms with E-state index in [9.17, 15) is 22.8 Å². The summed E-state index contributed by atoms with van der Waals surface area (Å²) in [6.07, 6.45) is -4.68. The van der Waals surface area contributed by atoms with E-state index in [1.165, 1.54) is 0 Å². The van der Waals surface area contributed by atoms with E-state index in [-0.39, 0.29) is 0 Å². The van der Waals surface area contributed by atoms with Gasteiger partial charge >= 0.3 is 12.1 Å². The fourth-order valence-corrected chi connectivity index (χ4v) is 0.832. The van der Waals surface area contributed by atoms with Crippen LogP contribution in [0, 0.1) is 0 Å². The first-order valence-corrected chi connectivity index (χ1v) is 3.39. The van der Waals surface area contributed by atoms with Crippen LogP contribution in [0.25, 0.3) is 0 Å². The summed E-state index contributed by atoms with van der Waals surface area (Å²) in [5, 5.41) is 9.89. The number of H-pyrrole nitrogens is 1. The highest BCUT2D eigenvalue weighted by Gasteiger charge is 2.33. The molecular weight excluding hydrogens is 205 g/mol. The van der Waals surface area contributed by atoms with E-state index < -0.39 is 29.9 Å². The van der Waals surface area contributed by atoms with E-state index in [0.29, 0.717) is 10.7 Å². The van der Waals surface area contributed by atoms with Gasteiger partial charge < -0.3 is 5.11 Å². The lowest BCUT2D eigenvalue weighted by atomic mass is 10.4. The Balaban J connectivity index is 3.06. The minimum Gasteiger partial charge on any atom is -0.480 e. The number of hydrogen-bond acceptors (Lipinski definition) is 2. The first-order valence-electron chi connectivity index (χ1n) is 3.39. The zero-order valence-electron chi connectivity index (χ0n) is 6.63. The van der Waals surface area contributed by atoms with Crippen molar-refractivity contribution in [1.82, 2.24) is 9.78 Å². The van der Waals surface area contributed by atoms with Crippen LogP contribution >= 0.6 is 0 Å². The number of rotatable bonds is 2. The van der Waals surface area contributed by atoms with E-state index >= 15 is 0 Å². The van der Waals surface area contributed by atoms with Crippen molar-refractivity contribution < 1.29 is 23.1 Å². The van der Waals surface area contributed by atoms with Crippen molar-refractivity contribution in [2.75, 3.05) is 0 Å². The van der Waals surface area contributed by atoms with Gasteiger partial charge in [-0.15, -0.1) is 0 Å². The Morgan fingerprint density at radius 3 is 2.50 bits per heavy atom. The molecule has 0 amide bonds. The summed E-state index contributed by atoms with van der Waals surface area (Å²) in [7, 11) is 0. The molecule has 78 valence electrons. The van der Waals surface area contributed by atoms with Crippen LogP contribution in [0.15, 0.2) is 10.9 Å². The lowest BCUT2D eigenvalue weighted by Gasteiger charge is -2.01. The maximum atomic E-state index is 12.0. The molecule has 0 radical (unpaired) electrons. The summed E-state index contributed by atoms with van der Waals surface area (Å²) >= 11 is 0. The van der Waals surface area contributed by atoms with Crippen molar-refractivity contribution in [3.8, 4) is 0 Å². The molecule has 1 rings (SSSR count). The standard InChI is InChI=1S/C6H5F3N2O3/c7-6(8,9)3-1-4(12)11(10-3)2-5(13)14/h1,10H,2H2,(H,13,14). The largest absolute Gasteiger partial charge is 0.480 e. The molecule has 0 aliphatic heterocycles. The second kappa shape index (κ2) is 3.20. The molecule has 1 heterocycles. The summed E-state index contributed by atoms with van der Waals surface area (Å²) in [5.41, 5.74) is -2.29. The van der Waals surface area contributed by atoms with Crippen LogP contribution in [0.3, 0.4) is 0 Å². The summed E-state index contributed by atoms with van der Waals surface area (Å²) in [6.45, 7) is -0.824.